The summed E-state index contributed by atoms with van der Waals surface area (Å²) in [6.45, 7) is 5.85. The molecule has 2 unspecified atom stereocenters. The van der Waals surface area contributed by atoms with Gasteiger partial charge in [0.1, 0.15) is 6.61 Å². The van der Waals surface area contributed by atoms with Crippen LogP contribution in [0, 0.1) is 0 Å². The number of carbonyl (C=O) groups excluding carboxylic acids is 2. The molecule has 0 amide bonds. The van der Waals surface area contributed by atoms with E-state index in [0.29, 0.717) is 12.8 Å². The topological polar surface area (TPSA) is 99.1 Å². The summed E-state index contributed by atoms with van der Waals surface area (Å²) < 4.78 is 29.9. The number of nitrogens with zero attached hydrogens (tertiary/aromatic N) is 1. The van der Waals surface area contributed by atoms with Crippen LogP contribution in [0.5, 0.6) is 0 Å². The first-order valence-corrected chi connectivity index (χ1v) is 20.8. The van der Waals surface area contributed by atoms with Gasteiger partial charge in [0.05, 0.1) is 27.7 Å². The Kier molecular flexibility index (Phi) is 28.4. The van der Waals surface area contributed by atoms with E-state index in [2.05, 4.69) is 13.8 Å². The summed E-state index contributed by atoms with van der Waals surface area (Å²) in [5, 5.41) is 0. The Labute approximate surface area is 284 Å². The summed E-state index contributed by atoms with van der Waals surface area (Å²) in [5.41, 5.74) is 0. The van der Waals surface area contributed by atoms with Crippen LogP contribution in [-0.2, 0) is 28.2 Å². The minimum atomic E-state index is -4.02. The van der Waals surface area contributed by atoms with Crippen LogP contribution < -0.4 is 0 Å². The largest absolute Gasteiger partial charge is 0.462 e. The quantitative estimate of drug-likeness (QED) is 0.0320. The SMILES string of the molecule is CCCCCCCCCCCCCCCC(=O)OC[C@H](COP(=O)(O)C(CC)[N+](C)(C)C)OC(=O)CCCCCCCCCCC. The third kappa shape index (κ3) is 26.1. The molecule has 0 aromatic rings. The molecule has 0 aliphatic rings. The summed E-state index contributed by atoms with van der Waals surface area (Å²) in [6.07, 6.45) is 26.5. The fourth-order valence-corrected chi connectivity index (χ4v) is 7.87. The van der Waals surface area contributed by atoms with Crippen LogP contribution in [0.4, 0.5) is 0 Å². The average Bonchev–Trinajstić information content (AvgIpc) is 2.99. The van der Waals surface area contributed by atoms with Gasteiger partial charge in [0, 0.05) is 19.3 Å². The van der Waals surface area contributed by atoms with Crippen molar-refractivity contribution in [1.82, 2.24) is 0 Å². The molecule has 0 spiro atoms. The highest BCUT2D eigenvalue weighted by Gasteiger charge is 2.42. The molecule has 0 radical (unpaired) electrons. The molecule has 0 bridgehead atoms. The highest BCUT2D eigenvalue weighted by atomic mass is 31.2. The van der Waals surface area contributed by atoms with Gasteiger partial charge in [-0.2, -0.15) is 0 Å². The maximum absolute atomic E-state index is 13.1. The van der Waals surface area contributed by atoms with Crippen LogP contribution in [0.3, 0.4) is 0 Å². The zero-order valence-electron chi connectivity index (χ0n) is 31.0. The van der Waals surface area contributed by atoms with Crippen molar-refractivity contribution in [2.45, 2.75) is 193 Å². The van der Waals surface area contributed by atoms with Crippen LogP contribution in [-0.4, -0.2) is 67.6 Å². The lowest BCUT2D eigenvalue weighted by Crippen LogP contribution is -2.45. The van der Waals surface area contributed by atoms with Crippen molar-refractivity contribution >= 4 is 19.5 Å². The fraction of sp³-hybridized carbons (Fsp3) is 0.946. The number of unbranched alkanes of at least 4 members (excludes halogenated alkanes) is 20. The average molecular weight is 677 g/mol. The Morgan fingerprint density at radius 3 is 1.33 bits per heavy atom. The van der Waals surface area contributed by atoms with Crippen molar-refractivity contribution < 1.29 is 37.5 Å². The van der Waals surface area contributed by atoms with E-state index >= 15 is 0 Å². The Bertz CT molecular complexity index is 786. The van der Waals surface area contributed by atoms with E-state index in [0.717, 1.165) is 38.5 Å². The van der Waals surface area contributed by atoms with Crippen LogP contribution in [0.15, 0.2) is 0 Å². The van der Waals surface area contributed by atoms with Crippen molar-refractivity contribution in [1.29, 1.82) is 0 Å². The normalized spacial score (nSPS) is 14.5. The van der Waals surface area contributed by atoms with Crippen molar-refractivity contribution in [2.75, 3.05) is 34.4 Å². The van der Waals surface area contributed by atoms with E-state index in [1.54, 1.807) is 0 Å². The van der Waals surface area contributed by atoms with Crippen molar-refractivity contribution in [3.63, 3.8) is 0 Å². The van der Waals surface area contributed by atoms with E-state index in [9.17, 15) is 19.0 Å². The van der Waals surface area contributed by atoms with Crippen LogP contribution in [0.25, 0.3) is 0 Å². The molecule has 1 N–H and O–H groups in total. The number of rotatable bonds is 33. The van der Waals surface area contributed by atoms with E-state index in [-0.39, 0.29) is 30.1 Å². The first-order valence-electron chi connectivity index (χ1n) is 19.1. The van der Waals surface area contributed by atoms with Gasteiger partial charge < -0.3 is 23.4 Å². The summed E-state index contributed by atoms with van der Waals surface area (Å²) >= 11 is 0. The fourth-order valence-electron chi connectivity index (χ4n) is 5.98. The third-order valence-corrected chi connectivity index (χ3v) is 11.1. The molecule has 9 heteroatoms. The number of carbonyl (C=O) groups is 2. The predicted molar refractivity (Wildman–Crippen MR) is 191 cm³/mol. The van der Waals surface area contributed by atoms with Gasteiger partial charge in [-0.15, -0.1) is 0 Å². The first-order chi connectivity index (χ1) is 22.0. The van der Waals surface area contributed by atoms with Gasteiger partial charge in [0.15, 0.2) is 11.9 Å². The number of ether oxygens (including phenoxy) is 2. The Balaban J connectivity index is 4.53. The number of quaternary nitrogens is 1. The van der Waals surface area contributed by atoms with E-state index in [1.165, 1.54) is 103 Å². The molecule has 274 valence electrons. The highest BCUT2D eigenvalue weighted by molar-refractivity contribution is 7.53. The second-order valence-corrected chi connectivity index (χ2v) is 16.2. The molecule has 0 fully saturated rings. The lowest BCUT2D eigenvalue weighted by Gasteiger charge is -2.35. The van der Waals surface area contributed by atoms with Crippen molar-refractivity contribution in [3.8, 4) is 0 Å². The standard InChI is InChI=1S/C37H74NO7P/c1-7-10-12-14-16-18-19-20-21-23-24-26-28-30-36(39)43-32-34(33-44-46(41,42)35(9-3)38(4,5)6)45-37(40)31-29-27-25-22-17-15-13-11-8-2/h34-35H,7-33H2,1-6H3/p+1/t34-,35?/m1/s1. The highest BCUT2D eigenvalue weighted by Crippen LogP contribution is 2.51. The zero-order chi connectivity index (χ0) is 34.5. The molecule has 8 nitrogen and oxygen atoms in total. The predicted octanol–water partition coefficient (Wildman–Crippen LogP) is 10.5. The Morgan fingerprint density at radius 1 is 0.587 bits per heavy atom. The minimum Gasteiger partial charge on any atom is -0.462 e. The monoisotopic (exact) mass is 677 g/mol. The van der Waals surface area contributed by atoms with Gasteiger partial charge >= 0.3 is 19.5 Å². The maximum atomic E-state index is 13.1. The molecule has 0 aliphatic heterocycles. The second-order valence-electron chi connectivity index (χ2n) is 14.2. The Morgan fingerprint density at radius 2 is 0.957 bits per heavy atom. The van der Waals surface area contributed by atoms with Gasteiger partial charge in [-0.25, -0.2) is 0 Å². The maximum Gasteiger partial charge on any atom is 0.385 e. The lowest BCUT2D eigenvalue weighted by molar-refractivity contribution is -0.883. The molecule has 0 aromatic carbocycles. The summed E-state index contributed by atoms with van der Waals surface area (Å²) in [4.78, 5) is 35.8. The van der Waals surface area contributed by atoms with Crippen LogP contribution >= 0.6 is 7.60 Å². The zero-order valence-corrected chi connectivity index (χ0v) is 31.9. The number of hydrogen-bond acceptors (Lipinski definition) is 6. The smallest absolute Gasteiger partial charge is 0.385 e. The molecule has 0 aliphatic carbocycles. The van der Waals surface area contributed by atoms with Gasteiger partial charge in [0.25, 0.3) is 0 Å². The summed E-state index contributed by atoms with van der Waals surface area (Å²) in [6, 6.07) is 0. The summed E-state index contributed by atoms with van der Waals surface area (Å²) in [7, 11) is 1.53. The van der Waals surface area contributed by atoms with Crippen molar-refractivity contribution in [2.24, 2.45) is 0 Å². The van der Waals surface area contributed by atoms with Crippen LogP contribution in [0.2, 0.25) is 0 Å². The van der Waals surface area contributed by atoms with Crippen molar-refractivity contribution in [3.05, 3.63) is 0 Å². The number of esters is 2. The molecule has 0 saturated heterocycles. The molecule has 0 rings (SSSR count). The number of hydrogen-bond donors (Lipinski definition) is 1. The lowest BCUT2D eigenvalue weighted by atomic mass is 10.0. The molecular formula is C37H75NO7P+. The van der Waals surface area contributed by atoms with E-state index < -0.39 is 25.5 Å². The van der Waals surface area contributed by atoms with Gasteiger partial charge in [-0.3, -0.25) is 14.2 Å². The molecule has 3 atom stereocenters. The van der Waals surface area contributed by atoms with Crippen LogP contribution in [0.1, 0.15) is 181 Å². The van der Waals surface area contributed by atoms with E-state index in [1.807, 2.05) is 28.1 Å². The molecule has 0 aromatic heterocycles. The van der Waals surface area contributed by atoms with Gasteiger partial charge in [0.2, 0.25) is 0 Å². The Hall–Kier alpha value is -0.950. The first kappa shape index (κ1) is 45.0. The van der Waals surface area contributed by atoms with Gasteiger partial charge in [-0.1, -0.05) is 149 Å². The summed E-state index contributed by atoms with van der Waals surface area (Å²) in [5.74, 6) is -1.35. The minimum absolute atomic E-state index is 0.179. The molecular weight excluding hydrogens is 601 g/mol. The molecule has 46 heavy (non-hydrogen) atoms. The molecule has 0 saturated carbocycles. The molecule has 0 heterocycles. The van der Waals surface area contributed by atoms with E-state index in [4.69, 9.17) is 14.0 Å². The second kappa shape index (κ2) is 29.0. The van der Waals surface area contributed by atoms with Gasteiger partial charge in [-0.05, 0) is 12.8 Å². The third-order valence-electron chi connectivity index (χ3n) is 8.78.